The highest BCUT2D eigenvalue weighted by Gasteiger charge is 2.63. The van der Waals surface area contributed by atoms with Crippen LogP contribution in [0.3, 0.4) is 0 Å². The van der Waals surface area contributed by atoms with Gasteiger partial charge in [-0.25, -0.2) is 4.79 Å². The summed E-state index contributed by atoms with van der Waals surface area (Å²) in [6, 6.07) is 0. The summed E-state index contributed by atoms with van der Waals surface area (Å²) in [5, 5.41) is 0. The number of esters is 1. The Morgan fingerprint density at radius 1 is 0.600 bits per heavy atom. The Balaban J connectivity index is 0.000000112. The molecule has 138 valence electrons. The maximum atomic E-state index is 11.5. The van der Waals surface area contributed by atoms with E-state index in [0.717, 1.165) is 0 Å². The first-order valence-electron chi connectivity index (χ1n) is 9.24. The summed E-state index contributed by atoms with van der Waals surface area (Å²) in [5.74, 6) is 1.02. The van der Waals surface area contributed by atoms with Crippen molar-refractivity contribution in [2.24, 2.45) is 23.7 Å². The molecule has 0 N–H and O–H groups in total. The van der Waals surface area contributed by atoms with E-state index in [1.807, 2.05) is 13.8 Å². The summed E-state index contributed by atoms with van der Waals surface area (Å²) in [6.07, 6.45) is -0.830. The second-order valence-corrected chi connectivity index (χ2v) is 8.31. The van der Waals surface area contributed by atoms with Gasteiger partial charge < -0.3 is 23.7 Å². The Morgan fingerprint density at radius 3 is 1.88 bits per heavy atom. The third-order valence-corrected chi connectivity index (χ3v) is 6.86. The number of Topliss-reactive ketones (excluding diaryl/α,β-unsaturated/α-hetero) is 1. The highest BCUT2D eigenvalue weighted by atomic mass is 16.8. The number of fused-ring (bicyclic) bond motifs is 2. The third kappa shape index (κ3) is 2.01. The van der Waals surface area contributed by atoms with Crippen molar-refractivity contribution < 1.29 is 33.3 Å². The molecule has 0 spiro atoms. The molecule has 0 radical (unpaired) electrons. The van der Waals surface area contributed by atoms with Crippen LogP contribution in [0.4, 0.5) is 0 Å². The van der Waals surface area contributed by atoms with Crippen LogP contribution in [0.2, 0.25) is 0 Å². The van der Waals surface area contributed by atoms with Crippen molar-refractivity contribution in [2.75, 3.05) is 0 Å². The molecular formula is C18H24O7. The zero-order valence-corrected chi connectivity index (χ0v) is 14.8. The van der Waals surface area contributed by atoms with E-state index in [4.69, 9.17) is 23.7 Å². The second-order valence-electron chi connectivity index (χ2n) is 8.31. The van der Waals surface area contributed by atoms with Crippen LogP contribution in [0.1, 0.15) is 27.7 Å². The Labute approximate surface area is 146 Å². The molecule has 0 aromatic rings. The molecule has 7 saturated heterocycles. The Bertz CT molecular complexity index is 615. The summed E-state index contributed by atoms with van der Waals surface area (Å²) < 4.78 is 27.6. The summed E-state index contributed by atoms with van der Waals surface area (Å²) >= 11 is 0. The minimum Gasteiger partial charge on any atom is -0.431 e. The molecule has 7 aliphatic rings. The highest BCUT2D eigenvalue weighted by Crippen LogP contribution is 2.48. The fraction of sp³-hybridized carbons (Fsp3) is 0.889. The van der Waals surface area contributed by atoms with E-state index in [-0.39, 0.29) is 60.2 Å². The third-order valence-electron chi connectivity index (χ3n) is 6.86. The van der Waals surface area contributed by atoms with Gasteiger partial charge in [0.05, 0.1) is 18.3 Å². The SMILES string of the molecule is C[C@@H]1[C@@H]2OC3C(=O)[C@H]1O[C@@H]3[C@H]2C.C[C@@H]1[C@@H]2OC3OC(=O)[C@H]1O[C@@H]3[C@H]2C. The zero-order chi connectivity index (χ0) is 17.6. The number of rotatable bonds is 0. The summed E-state index contributed by atoms with van der Waals surface area (Å²) in [7, 11) is 0. The Hall–Kier alpha value is -1.02. The predicted octanol–water partition coefficient (Wildman–Crippen LogP) is 0.684. The van der Waals surface area contributed by atoms with Gasteiger partial charge in [-0.1, -0.05) is 27.7 Å². The van der Waals surface area contributed by atoms with Crippen molar-refractivity contribution in [2.45, 2.75) is 76.7 Å². The van der Waals surface area contributed by atoms with Crippen LogP contribution < -0.4 is 0 Å². The molecule has 12 atom stereocenters. The van der Waals surface area contributed by atoms with Gasteiger partial charge in [-0.3, -0.25) is 4.79 Å². The molecule has 7 nitrogen and oxygen atoms in total. The molecule has 7 heterocycles. The van der Waals surface area contributed by atoms with Crippen molar-refractivity contribution in [3.63, 3.8) is 0 Å². The summed E-state index contributed by atoms with van der Waals surface area (Å²) in [6.45, 7) is 8.22. The molecule has 0 aliphatic carbocycles. The van der Waals surface area contributed by atoms with E-state index in [9.17, 15) is 9.59 Å². The normalized spacial score (nSPS) is 59.8. The molecule has 25 heavy (non-hydrogen) atoms. The van der Waals surface area contributed by atoms with E-state index in [1.54, 1.807) is 0 Å². The van der Waals surface area contributed by atoms with E-state index >= 15 is 0 Å². The van der Waals surface area contributed by atoms with Crippen molar-refractivity contribution in [1.82, 2.24) is 0 Å². The maximum absolute atomic E-state index is 11.5. The molecule has 7 fully saturated rings. The number of hydrogen-bond acceptors (Lipinski definition) is 7. The lowest BCUT2D eigenvalue weighted by Crippen LogP contribution is -2.53. The van der Waals surface area contributed by atoms with Crippen LogP contribution in [0.5, 0.6) is 0 Å². The first-order chi connectivity index (χ1) is 11.9. The minimum atomic E-state index is -0.450. The quantitative estimate of drug-likeness (QED) is 0.593. The lowest BCUT2D eigenvalue weighted by atomic mass is 9.84. The molecule has 0 aromatic heterocycles. The van der Waals surface area contributed by atoms with Crippen LogP contribution in [0.15, 0.2) is 0 Å². The van der Waals surface area contributed by atoms with Crippen LogP contribution in [0.25, 0.3) is 0 Å². The van der Waals surface area contributed by atoms with Gasteiger partial charge >= 0.3 is 5.97 Å². The van der Waals surface area contributed by atoms with E-state index < -0.39 is 12.4 Å². The van der Waals surface area contributed by atoms with Crippen LogP contribution in [0, 0.1) is 23.7 Å². The van der Waals surface area contributed by atoms with Crippen LogP contribution in [-0.2, 0) is 33.3 Å². The van der Waals surface area contributed by atoms with Gasteiger partial charge in [0, 0.05) is 23.7 Å². The van der Waals surface area contributed by atoms with Gasteiger partial charge in [-0.05, 0) is 0 Å². The highest BCUT2D eigenvalue weighted by molar-refractivity contribution is 5.91. The van der Waals surface area contributed by atoms with Gasteiger partial charge in [0.25, 0.3) is 0 Å². The van der Waals surface area contributed by atoms with Crippen LogP contribution in [-0.4, -0.2) is 60.8 Å². The molecule has 2 unspecified atom stereocenters. The van der Waals surface area contributed by atoms with Gasteiger partial charge in [0.1, 0.15) is 18.3 Å². The van der Waals surface area contributed by atoms with Crippen LogP contribution >= 0.6 is 0 Å². The largest absolute Gasteiger partial charge is 0.431 e. The van der Waals surface area contributed by atoms with Gasteiger partial charge in [-0.15, -0.1) is 0 Å². The number of hydrogen-bond donors (Lipinski definition) is 0. The van der Waals surface area contributed by atoms with Crippen molar-refractivity contribution >= 4 is 11.8 Å². The van der Waals surface area contributed by atoms with Crippen molar-refractivity contribution in [3.8, 4) is 0 Å². The number of carbonyl (C=O) groups is 2. The van der Waals surface area contributed by atoms with Gasteiger partial charge in [0.2, 0.25) is 6.29 Å². The molecule has 7 heteroatoms. The number of carbonyl (C=O) groups excluding carboxylic acids is 2. The lowest BCUT2D eigenvalue weighted by molar-refractivity contribution is -0.225. The summed E-state index contributed by atoms with van der Waals surface area (Å²) in [4.78, 5) is 22.9. The molecule has 0 aromatic carbocycles. The Kier molecular flexibility index (Phi) is 3.40. The van der Waals surface area contributed by atoms with Gasteiger partial charge in [0.15, 0.2) is 11.9 Å². The fourth-order valence-corrected chi connectivity index (χ4v) is 5.41. The monoisotopic (exact) mass is 352 g/mol. The Morgan fingerprint density at radius 2 is 1.16 bits per heavy atom. The summed E-state index contributed by atoms with van der Waals surface area (Å²) in [5.41, 5.74) is 0. The molecule has 7 aliphatic heterocycles. The van der Waals surface area contributed by atoms with Crippen molar-refractivity contribution in [3.05, 3.63) is 0 Å². The fourth-order valence-electron chi connectivity index (χ4n) is 5.41. The van der Waals surface area contributed by atoms with E-state index in [0.29, 0.717) is 11.8 Å². The molecular weight excluding hydrogens is 328 g/mol. The zero-order valence-electron chi connectivity index (χ0n) is 14.8. The number of ketones is 1. The van der Waals surface area contributed by atoms with E-state index in [2.05, 4.69) is 13.8 Å². The topological polar surface area (TPSA) is 80.3 Å². The predicted molar refractivity (Wildman–Crippen MR) is 82.4 cm³/mol. The second kappa shape index (κ2) is 5.25. The van der Waals surface area contributed by atoms with E-state index in [1.165, 1.54) is 0 Å². The first-order valence-corrected chi connectivity index (χ1v) is 9.24. The molecule has 7 bridgehead atoms. The molecule has 0 saturated carbocycles. The average Bonchev–Trinajstić information content (AvgIpc) is 3.05. The smallest absolute Gasteiger partial charge is 0.338 e. The number of ether oxygens (including phenoxy) is 5. The minimum absolute atomic E-state index is 0.0381. The lowest BCUT2D eigenvalue weighted by Gasteiger charge is -2.38. The average molecular weight is 352 g/mol. The van der Waals surface area contributed by atoms with Gasteiger partial charge in [-0.2, -0.15) is 0 Å². The first kappa shape index (κ1) is 16.2. The standard InChI is InChI=1S/C9H12O4.C9H12O3/c1-3-5-4(2)7-9(12-5)13-8(10)6(3)11-7;1-3-6-4(2)8-9(11-6)5(10)7(3)12-8/h3-7,9H,1-2H3;3-4,6-9H,1-2H3/t3-,4+,5+,6+,7-,9?;3-,4+,6+,7+,8-,9?/m11/s1. The molecule has 7 rings (SSSR count). The maximum Gasteiger partial charge on any atom is 0.338 e. The van der Waals surface area contributed by atoms with Crippen molar-refractivity contribution in [1.29, 1.82) is 0 Å². The molecule has 0 amide bonds.